The Morgan fingerprint density at radius 3 is 2.53 bits per heavy atom. The minimum atomic E-state index is -0.487. The third-order valence-corrected chi connectivity index (χ3v) is 4.02. The van der Waals surface area contributed by atoms with E-state index in [2.05, 4.69) is 19.1 Å². The number of thioether (sulfide) groups is 1. The van der Waals surface area contributed by atoms with Gasteiger partial charge in [0.1, 0.15) is 0 Å². The molecule has 1 N–H and O–H groups in total. The van der Waals surface area contributed by atoms with Crippen molar-refractivity contribution in [3.63, 3.8) is 0 Å². The van der Waals surface area contributed by atoms with E-state index in [9.17, 15) is 5.11 Å². The molecule has 19 heavy (non-hydrogen) atoms. The summed E-state index contributed by atoms with van der Waals surface area (Å²) in [7, 11) is 0. The Labute approximate surface area is 123 Å². The van der Waals surface area contributed by atoms with Gasteiger partial charge in [-0.2, -0.15) is 0 Å². The summed E-state index contributed by atoms with van der Waals surface area (Å²) in [5, 5.41) is 10.9. The van der Waals surface area contributed by atoms with Crippen LogP contribution in [0.15, 0.2) is 53.4 Å². The molecule has 0 aliphatic rings. The van der Waals surface area contributed by atoms with E-state index in [1.807, 2.05) is 36.4 Å². The molecule has 0 aromatic heterocycles. The number of halogens is 1. The van der Waals surface area contributed by atoms with Crippen molar-refractivity contribution in [2.45, 2.75) is 24.3 Å². The number of aliphatic hydroxyl groups excluding tert-OH is 1. The van der Waals surface area contributed by atoms with Crippen LogP contribution in [0.2, 0.25) is 5.02 Å². The van der Waals surface area contributed by atoms with Crippen LogP contribution in [0.1, 0.15) is 24.2 Å². The van der Waals surface area contributed by atoms with Gasteiger partial charge in [0.15, 0.2) is 0 Å². The molecule has 1 nitrogen and oxygen atoms in total. The maximum Gasteiger partial charge on any atom is 0.0830 e. The van der Waals surface area contributed by atoms with Crippen molar-refractivity contribution in [2.75, 3.05) is 5.75 Å². The first-order valence-electron chi connectivity index (χ1n) is 6.34. The van der Waals surface area contributed by atoms with Gasteiger partial charge in [-0.05, 0) is 41.1 Å². The first-order valence-corrected chi connectivity index (χ1v) is 7.70. The van der Waals surface area contributed by atoms with Gasteiger partial charge in [-0.1, -0.05) is 42.8 Å². The van der Waals surface area contributed by atoms with Gasteiger partial charge in [0, 0.05) is 16.3 Å². The quantitative estimate of drug-likeness (QED) is 0.804. The number of hydrogen-bond donors (Lipinski definition) is 1. The molecule has 2 aromatic rings. The minimum absolute atomic E-state index is 0.487. The Morgan fingerprint density at radius 1 is 1.16 bits per heavy atom. The third kappa shape index (κ3) is 4.27. The zero-order valence-electron chi connectivity index (χ0n) is 10.8. The lowest BCUT2D eigenvalue weighted by Crippen LogP contribution is -2.01. The van der Waals surface area contributed by atoms with Gasteiger partial charge < -0.3 is 5.11 Å². The summed E-state index contributed by atoms with van der Waals surface area (Å²) in [4.78, 5) is 1.24. The highest BCUT2D eigenvalue weighted by Gasteiger charge is 2.08. The Kier molecular flexibility index (Phi) is 5.32. The Morgan fingerprint density at radius 2 is 1.89 bits per heavy atom. The van der Waals surface area contributed by atoms with Gasteiger partial charge in [0.05, 0.1) is 6.10 Å². The summed E-state index contributed by atoms with van der Waals surface area (Å²) in [6.07, 6.45) is 0.0972. The Hall–Kier alpha value is -0.960. The van der Waals surface area contributed by atoms with E-state index in [1.165, 1.54) is 4.90 Å². The monoisotopic (exact) mass is 292 g/mol. The van der Waals surface area contributed by atoms with Crippen LogP contribution >= 0.6 is 23.4 Å². The molecule has 0 aliphatic heterocycles. The van der Waals surface area contributed by atoms with Gasteiger partial charge in [-0.3, -0.25) is 0 Å². The maximum atomic E-state index is 10.2. The van der Waals surface area contributed by atoms with Crippen LogP contribution in [-0.4, -0.2) is 10.9 Å². The van der Waals surface area contributed by atoms with E-state index < -0.39 is 6.10 Å². The minimum Gasteiger partial charge on any atom is -0.388 e. The molecule has 0 saturated carbocycles. The van der Waals surface area contributed by atoms with Crippen LogP contribution in [0.3, 0.4) is 0 Å². The van der Waals surface area contributed by atoms with Gasteiger partial charge in [-0.25, -0.2) is 0 Å². The van der Waals surface area contributed by atoms with Crippen molar-refractivity contribution < 1.29 is 5.11 Å². The summed E-state index contributed by atoms with van der Waals surface area (Å²) < 4.78 is 0. The van der Waals surface area contributed by atoms with Crippen molar-refractivity contribution in [1.29, 1.82) is 0 Å². The molecule has 0 radical (unpaired) electrons. The fraction of sp³-hybridized carbons (Fsp3) is 0.250. The van der Waals surface area contributed by atoms with Crippen molar-refractivity contribution in [2.24, 2.45) is 0 Å². The van der Waals surface area contributed by atoms with Crippen LogP contribution in [0.25, 0.3) is 0 Å². The average Bonchev–Trinajstić information content (AvgIpc) is 2.40. The highest BCUT2D eigenvalue weighted by molar-refractivity contribution is 7.99. The lowest BCUT2D eigenvalue weighted by atomic mass is 10.0. The molecule has 0 heterocycles. The molecular weight excluding hydrogens is 276 g/mol. The second-order valence-electron chi connectivity index (χ2n) is 4.35. The van der Waals surface area contributed by atoms with Crippen LogP contribution in [-0.2, 0) is 6.42 Å². The van der Waals surface area contributed by atoms with Crippen molar-refractivity contribution in [3.05, 3.63) is 64.7 Å². The fourth-order valence-electron chi connectivity index (χ4n) is 1.96. The summed E-state index contributed by atoms with van der Waals surface area (Å²) in [5.41, 5.74) is 1.99. The van der Waals surface area contributed by atoms with Crippen molar-refractivity contribution in [1.82, 2.24) is 0 Å². The average molecular weight is 293 g/mol. The zero-order chi connectivity index (χ0) is 13.7. The van der Waals surface area contributed by atoms with E-state index in [0.29, 0.717) is 11.4 Å². The standard InChI is InChI=1S/C16H17ClOS/c1-2-19-15-8-6-13(7-9-15)16(18)11-12-4-3-5-14(17)10-12/h3-10,16,18H,2,11H2,1H3. The molecule has 0 spiro atoms. The van der Waals surface area contributed by atoms with E-state index in [4.69, 9.17) is 11.6 Å². The number of benzene rings is 2. The zero-order valence-corrected chi connectivity index (χ0v) is 12.4. The molecule has 2 aromatic carbocycles. The Balaban J connectivity index is 2.05. The van der Waals surface area contributed by atoms with Crippen LogP contribution in [0.5, 0.6) is 0 Å². The molecule has 0 bridgehead atoms. The molecule has 2 rings (SSSR count). The lowest BCUT2D eigenvalue weighted by molar-refractivity contribution is 0.178. The number of rotatable bonds is 5. The van der Waals surface area contributed by atoms with Crippen molar-refractivity contribution >= 4 is 23.4 Å². The molecule has 1 atom stereocenters. The molecule has 3 heteroatoms. The SMILES string of the molecule is CCSc1ccc(C(O)Cc2cccc(Cl)c2)cc1. The van der Waals surface area contributed by atoms with Gasteiger partial charge in [0.2, 0.25) is 0 Å². The molecule has 100 valence electrons. The van der Waals surface area contributed by atoms with E-state index >= 15 is 0 Å². The predicted molar refractivity (Wildman–Crippen MR) is 83.0 cm³/mol. The highest BCUT2D eigenvalue weighted by atomic mass is 35.5. The molecule has 0 saturated heterocycles. The highest BCUT2D eigenvalue weighted by Crippen LogP contribution is 2.23. The van der Waals surface area contributed by atoms with Gasteiger partial charge in [-0.15, -0.1) is 11.8 Å². The fourth-order valence-corrected chi connectivity index (χ4v) is 2.83. The predicted octanol–water partition coefficient (Wildman–Crippen LogP) is 4.73. The first-order chi connectivity index (χ1) is 9.19. The largest absolute Gasteiger partial charge is 0.388 e. The van der Waals surface area contributed by atoms with Gasteiger partial charge in [0.25, 0.3) is 0 Å². The smallest absolute Gasteiger partial charge is 0.0830 e. The molecule has 1 unspecified atom stereocenters. The second kappa shape index (κ2) is 6.99. The lowest BCUT2D eigenvalue weighted by Gasteiger charge is -2.12. The van der Waals surface area contributed by atoms with Crippen LogP contribution < -0.4 is 0 Å². The molecular formula is C16H17ClOS. The number of hydrogen-bond acceptors (Lipinski definition) is 2. The van der Waals surface area contributed by atoms with E-state index in [1.54, 1.807) is 11.8 Å². The summed E-state index contributed by atoms with van der Waals surface area (Å²) >= 11 is 7.75. The van der Waals surface area contributed by atoms with Gasteiger partial charge >= 0.3 is 0 Å². The Bertz CT molecular complexity index is 525. The number of aliphatic hydroxyl groups is 1. The molecule has 0 fully saturated rings. The van der Waals surface area contributed by atoms with Crippen LogP contribution in [0, 0.1) is 0 Å². The third-order valence-electron chi connectivity index (χ3n) is 2.89. The normalized spacial score (nSPS) is 12.4. The first kappa shape index (κ1) is 14.4. The van der Waals surface area contributed by atoms with Crippen molar-refractivity contribution in [3.8, 4) is 0 Å². The van der Waals surface area contributed by atoms with Crippen LogP contribution in [0.4, 0.5) is 0 Å². The summed E-state index contributed by atoms with van der Waals surface area (Å²) in [6.45, 7) is 2.13. The molecule has 0 amide bonds. The second-order valence-corrected chi connectivity index (χ2v) is 6.13. The summed E-state index contributed by atoms with van der Waals surface area (Å²) in [6, 6.07) is 15.7. The van der Waals surface area contributed by atoms with E-state index in [0.717, 1.165) is 16.9 Å². The summed E-state index contributed by atoms with van der Waals surface area (Å²) in [5.74, 6) is 1.06. The molecule has 0 aliphatic carbocycles. The topological polar surface area (TPSA) is 20.2 Å². The van der Waals surface area contributed by atoms with E-state index in [-0.39, 0.29) is 0 Å². The maximum absolute atomic E-state index is 10.2.